The standard InChI is InChI=1S/C12H16F2N2O2/c13-9-1-2-11(14)10(7-9)12(17)8-15-16-3-5-18-6-4-16/h1-2,7,12,15,17H,3-6,8H2. The number of hydrogen-bond acceptors (Lipinski definition) is 4. The summed E-state index contributed by atoms with van der Waals surface area (Å²) < 4.78 is 31.5. The molecule has 0 saturated carbocycles. The molecule has 0 amide bonds. The Kier molecular flexibility index (Phi) is 4.60. The summed E-state index contributed by atoms with van der Waals surface area (Å²) in [5.74, 6) is -1.16. The molecule has 1 saturated heterocycles. The van der Waals surface area contributed by atoms with Gasteiger partial charge in [0.25, 0.3) is 0 Å². The van der Waals surface area contributed by atoms with E-state index in [4.69, 9.17) is 4.74 Å². The largest absolute Gasteiger partial charge is 0.387 e. The number of morpholine rings is 1. The zero-order chi connectivity index (χ0) is 13.0. The topological polar surface area (TPSA) is 44.7 Å². The lowest BCUT2D eigenvalue weighted by Gasteiger charge is -2.28. The Labute approximate surface area is 104 Å². The van der Waals surface area contributed by atoms with E-state index in [2.05, 4.69) is 5.43 Å². The highest BCUT2D eigenvalue weighted by Crippen LogP contribution is 2.17. The Balaban J connectivity index is 1.90. The van der Waals surface area contributed by atoms with Crippen LogP contribution in [0.15, 0.2) is 18.2 Å². The molecule has 1 aliphatic heterocycles. The summed E-state index contributed by atoms with van der Waals surface area (Å²) in [7, 11) is 0. The number of hydrogen-bond donors (Lipinski definition) is 2. The lowest BCUT2D eigenvalue weighted by atomic mass is 10.1. The molecule has 6 heteroatoms. The zero-order valence-corrected chi connectivity index (χ0v) is 9.90. The van der Waals surface area contributed by atoms with Crippen molar-refractivity contribution in [3.05, 3.63) is 35.4 Å². The number of aliphatic hydroxyl groups is 1. The third kappa shape index (κ3) is 3.46. The molecule has 0 bridgehead atoms. The van der Waals surface area contributed by atoms with Gasteiger partial charge in [-0.25, -0.2) is 13.8 Å². The summed E-state index contributed by atoms with van der Waals surface area (Å²) in [4.78, 5) is 0. The van der Waals surface area contributed by atoms with E-state index in [1.807, 2.05) is 5.01 Å². The molecule has 0 radical (unpaired) electrons. The van der Waals surface area contributed by atoms with E-state index in [0.717, 1.165) is 18.2 Å². The van der Waals surface area contributed by atoms with Crippen LogP contribution in [-0.2, 0) is 4.74 Å². The molecular weight excluding hydrogens is 242 g/mol. The van der Waals surface area contributed by atoms with Crippen LogP contribution in [0.2, 0.25) is 0 Å². The van der Waals surface area contributed by atoms with Gasteiger partial charge in [-0.1, -0.05) is 0 Å². The van der Waals surface area contributed by atoms with E-state index < -0.39 is 17.7 Å². The van der Waals surface area contributed by atoms with E-state index in [1.165, 1.54) is 0 Å². The monoisotopic (exact) mass is 258 g/mol. The fraction of sp³-hybridized carbons (Fsp3) is 0.500. The molecule has 1 atom stereocenters. The third-order valence-electron chi connectivity index (χ3n) is 2.84. The second-order valence-electron chi connectivity index (χ2n) is 4.14. The quantitative estimate of drug-likeness (QED) is 0.840. The van der Waals surface area contributed by atoms with Crippen LogP contribution in [0, 0.1) is 11.6 Å². The van der Waals surface area contributed by atoms with Crippen molar-refractivity contribution in [3.63, 3.8) is 0 Å². The van der Waals surface area contributed by atoms with Crippen LogP contribution in [0.3, 0.4) is 0 Å². The Bertz CT molecular complexity index is 398. The molecule has 0 aliphatic carbocycles. The molecule has 4 nitrogen and oxygen atoms in total. The van der Waals surface area contributed by atoms with Gasteiger partial charge in [-0.2, -0.15) is 0 Å². The third-order valence-corrected chi connectivity index (χ3v) is 2.84. The predicted octanol–water partition coefficient (Wildman–Crippen LogP) is 0.835. The van der Waals surface area contributed by atoms with Crippen LogP contribution < -0.4 is 5.43 Å². The van der Waals surface area contributed by atoms with Gasteiger partial charge in [-0.3, -0.25) is 5.43 Å². The second kappa shape index (κ2) is 6.19. The van der Waals surface area contributed by atoms with Crippen molar-refractivity contribution in [3.8, 4) is 0 Å². The molecule has 100 valence electrons. The normalized spacial score (nSPS) is 18.8. The van der Waals surface area contributed by atoms with Crippen LogP contribution in [0.1, 0.15) is 11.7 Å². The first-order valence-corrected chi connectivity index (χ1v) is 5.86. The van der Waals surface area contributed by atoms with Gasteiger partial charge in [-0.05, 0) is 18.2 Å². The van der Waals surface area contributed by atoms with Crippen molar-refractivity contribution in [1.82, 2.24) is 10.4 Å². The van der Waals surface area contributed by atoms with Gasteiger partial charge in [0.1, 0.15) is 11.6 Å². The maximum Gasteiger partial charge on any atom is 0.129 e. The first-order chi connectivity index (χ1) is 8.66. The number of benzene rings is 1. The summed E-state index contributed by atoms with van der Waals surface area (Å²) in [6, 6.07) is 3.06. The van der Waals surface area contributed by atoms with Gasteiger partial charge in [-0.15, -0.1) is 0 Å². The van der Waals surface area contributed by atoms with Crippen molar-refractivity contribution < 1.29 is 18.6 Å². The van der Waals surface area contributed by atoms with E-state index >= 15 is 0 Å². The maximum atomic E-state index is 13.4. The van der Waals surface area contributed by atoms with E-state index in [-0.39, 0.29) is 12.1 Å². The highest BCUT2D eigenvalue weighted by Gasteiger charge is 2.16. The van der Waals surface area contributed by atoms with Gasteiger partial charge < -0.3 is 9.84 Å². The minimum absolute atomic E-state index is 0.0317. The first-order valence-electron chi connectivity index (χ1n) is 5.86. The first kappa shape index (κ1) is 13.4. The lowest BCUT2D eigenvalue weighted by Crippen LogP contribution is -2.47. The Morgan fingerprint density at radius 2 is 2.06 bits per heavy atom. The summed E-state index contributed by atoms with van der Waals surface area (Å²) in [6.45, 7) is 2.80. The summed E-state index contributed by atoms with van der Waals surface area (Å²) in [6.07, 6.45) is -1.08. The molecule has 1 aromatic rings. The molecule has 0 spiro atoms. The molecule has 1 aromatic carbocycles. The Morgan fingerprint density at radius 3 is 2.78 bits per heavy atom. The highest BCUT2D eigenvalue weighted by atomic mass is 19.1. The summed E-state index contributed by atoms with van der Waals surface area (Å²) in [5.41, 5.74) is 2.95. The molecule has 2 N–H and O–H groups in total. The van der Waals surface area contributed by atoms with Crippen LogP contribution in [0.25, 0.3) is 0 Å². The molecule has 18 heavy (non-hydrogen) atoms. The van der Waals surface area contributed by atoms with Crippen LogP contribution >= 0.6 is 0 Å². The lowest BCUT2D eigenvalue weighted by molar-refractivity contribution is 0.00285. The van der Waals surface area contributed by atoms with Crippen molar-refractivity contribution >= 4 is 0 Å². The van der Waals surface area contributed by atoms with Crippen LogP contribution in [0.4, 0.5) is 8.78 Å². The minimum atomic E-state index is -1.08. The average Bonchev–Trinajstić information content (AvgIpc) is 2.40. The number of nitrogens with one attached hydrogen (secondary N) is 1. The minimum Gasteiger partial charge on any atom is -0.387 e. The maximum absolute atomic E-state index is 13.4. The van der Waals surface area contributed by atoms with Gasteiger partial charge >= 0.3 is 0 Å². The van der Waals surface area contributed by atoms with Crippen molar-refractivity contribution in [2.45, 2.75) is 6.10 Å². The van der Waals surface area contributed by atoms with E-state index in [1.54, 1.807) is 0 Å². The van der Waals surface area contributed by atoms with E-state index in [9.17, 15) is 13.9 Å². The van der Waals surface area contributed by atoms with E-state index in [0.29, 0.717) is 26.3 Å². The fourth-order valence-corrected chi connectivity index (χ4v) is 1.82. The smallest absolute Gasteiger partial charge is 0.129 e. The van der Waals surface area contributed by atoms with Gasteiger partial charge in [0, 0.05) is 25.2 Å². The van der Waals surface area contributed by atoms with Gasteiger partial charge in [0.2, 0.25) is 0 Å². The SMILES string of the molecule is OC(CNN1CCOCC1)c1cc(F)ccc1F. The molecule has 2 rings (SSSR count). The molecule has 1 fully saturated rings. The van der Waals surface area contributed by atoms with Crippen molar-refractivity contribution in [2.24, 2.45) is 0 Å². The van der Waals surface area contributed by atoms with Crippen molar-refractivity contribution in [1.29, 1.82) is 0 Å². The molecule has 1 heterocycles. The Hall–Kier alpha value is -1.08. The van der Waals surface area contributed by atoms with Crippen molar-refractivity contribution in [2.75, 3.05) is 32.8 Å². The number of halogens is 2. The molecule has 1 aliphatic rings. The van der Waals surface area contributed by atoms with Gasteiger partial charge in [0.15, 0.2) is 0 Å². The zero-order valence-electron chi connectivity index (χ0n) is 9.90. The number of rotatable bonds is 4. The number of ether oxygens (including phenoxy) is 1. The predicted molar refractivity (Wildman–Crippen MR) is 61.7 cm³/mol. The molecule has 0 aromatic heterocycles. The summed E-state index contributed by atoms with van der Waals surface area (Å²) in [5, 5.41) is 11.7. The summed E-state index contributed by atoms with van der Waals surface area (Å²) >= 11 is 0. The number of hydrazine groups is 1. The van der Waals surface area contributed by atoms with Crippen LogP contribution in [0.5, 0.6) is 0 Å². The number of aliphatic hydroxyl groups excluding tert-OH is 1. The average molecular weight is 258 g/mol. The molecule has 1 unspecified atom stereocenters. The molecular formula is C12H16F2N2O2. The van der Waals surface area contributed by atoms with Gasteiger partial charge in [0.05, 0.1) is 19.3 Å². The number of nitrogens with zero attached hydrogens (tertiary/aromatic N) is 1. The van der Waals surface area contributed by atoms with Crippen LogP contribution in [-0.4, -0.2) is 43.0 Å². The fourth-order valence-electron chi connectivity index (χ4n) is 1.82. The Morgan fingerprint density at radius 1 is 1.33 bits per heavy atom. The highest BCUT2D eigenvalue weighted by molar-refractivity contribution is 5.21. The second-order valence-corrected chi connectivity index (χ2v) is 4.14.